The van der Waals surface area contributed by atoms with Crippen molar-refractivity contribution in [2.45, 2.75) is 0 Å². The number of nitrogens with zero attached hydrogens (tertiary/aromatic N) is 1. The highest BCUT2D eigenvalue weighted by molar-refractivity contribution is 6.38. The van der Waals surface area contributed by atoms with Crippen molar-refractivity contribution in [3.8, 4) is 0 Å². The highest BCUT2D eigenvalue weighted by Crippen LogP contribution is 2.21. The average Bonchev–Trinajstić information content (AvgIpc) is 2.42. The van der Waals surface area contributed by atoms with Gasteiger partial charge in [0, 0.05) is 5.56 Å². The van der Waals surface area contributed by atoms with E-state index in [2.05, 4.69) is 16.3 Å². The molecule has 0 saturated carbocycles. The quantitative estimate of drug-likeness (QED) is 0.227. The number of hydrogen-bond acceptors (Lipinski definition) is 5. The van der Waals surface area contributed by atoms with Gasteiger partial charge in [-0.2, -0.15) is 5.10 Å². The second-order valence-electron chi connectivity index (χ2n) is 3.02. The maximum absolute atomic E-state index is 8.28. The zero-order valence-electron chi connectivity index (χ0n) is 9.98. The summed E-state index contributed by atoms with van der Waals surface area (Å²) in [5.41, 5.74) is 10.2. The third-order valence-corrected chi connectivity index (χ3v) is 2.26. The Balaban J connectivity index is 0.000000621. The molecule has 0 bridgehead atoms. The van der Waals surface area contributed by atoms with E-state index >= 15 is 0 Å². The summed E-state index contributed by atoms with van der Waals surface area (Å²) in [6.45, 7) is 0. The summed E-state index contributed by atoms with van der Waals surface area (Å²) in [5, 5.41) is 33.5. The molecule has 110 valence electrons. The van der Waals surface area contributed by atoms with E-state index in [4.69, 9.17) is 44.4 Å². The third kappa shape index (κ3) is 7.38. The molecule has 0 spiro atoms. The fourth-order valence-electron chi connectivity index (χ4n) is 0.820. The van der Waals surface area contributed by atoms with Gasteiger partial charge in [0.1, 0.15) is 0 Å². The van der Waals surface area contributed by atoms with Gasteiger partial charge in [0.15, 0.2) is 0 Å². The highest BCUT2D eigenvalue weighted by atomic mass is 35.5. The van der Waals surface area contributed by atoms with Crippen molar-refractivity contribution in [1.29, 1.82) is 10.8 Å². The van der Waals surface area contributed by atoms with Gasteiger partial charge < -0.3 is 5.73 Å². The molecule has 9 N–H and O–H groups in total. The van der Waals surface area contributed by atoms with Crippen molar-refractivity contribution < 1.29 is 10.4 Å². The van der Waals surface area contributed by atoms with Crippen LogP contribution in [0.2, 0.25) is 10.0 Å². The van der Waals surface area contributed by atoms with Gasteiger partial charge in [-0.3, -0.25) is 21.2 Å². The first-order chi connectivity index (χ1) is 9.42. The first-order valence-electron chi connectivity index (χ1n) is 4.88. The van der Waals surface area contributed by atoms with E-state index in [0.29, 0.717) is 15.6 Å². The van der Waals surface area contributed by atoms with Gasteiger partial charge in [0.05, 0.1) is 16.3 Å². The molecule has 0 amide bonds. The number of guanidine groups is 2. The molecular formula is C9H13Cl2N7O2. The monoisotopic (exact) mass is 321 g/mol. The number of hydrogen-bond donors (Lipinski definition) is 8. The molecule has 20 heavy (non-hydrogen) atoms. The standard InChI is InChI=1S/C8H8Cl2N4O.CH5N3O/c9-6-2-1-3-7(10)5(6)4-12-13-8(11)14-15;2-1(3)4-5/h1-4,15H,(H3,11,13,14);5H,(H4,2,3,4)/b12-4+;. The van der Waals surface area contributed by atoms with Crippen molar-refractivity contribution in [2.75, 3.05) is 0 Å². The number of benzene rings is 1. The van der Waals surface area contributed by atoms with Crippen LogP contribution in [0.3, 0.4) is 0 Å². The maximum Gasteiger partial charge on any atom is 0.233 e. The Morgan fingerprint density at radius 3 is 2.10 bits per heavy atom. The lowest BCUT2D eigenvalue weighted by molar-refractivity contribution is 0.228. The normalized spacial score (nSPS) is 9.40. The Labute approximate surface area is 124 Å². The van der Waals surface area contributed by atoms with E-state index in [-0.39, 0.29) is 5.96 Å². The van der Waals surface area contributed by atoms with Crippen LogP contribution in [0.25, 0.3) is 0 Å². The summed E-state index contributed by atoms with van der Waals surface area (Å²) in [4.78, 5) is 0. The van der Waals surface area contributed by atoms with Crippen LogP contribution in [0.1, 0.15) is 5.56 Å². The minimum atomic E-state index is -0.440. The SMILES string of the molecule is N=C(N)NO.N=C(NO)N/N=C/c1c(Cl)cccc1Cl. The van der Waals surface area contributed by atoms with Crippen LogP contribution in [0.5, 0.6) is 0 Å². The van der Waals surface area contributed by atoms with Gasteiger partial charge in [0.25, 0.3) is 0 Å². The Morgan fingerprint density at radius 1 is 1.20 bits per heavy atom. The van der Waals surface area contributed by atoms with Crippen molar-refractivity contribution in [3.05, 3.63) is 33.8 Å². The highest BCUT2D eigenvalue weighted by Gasteiger charge is 2.01. The van der Waals surface area contributed by atoms with Gasteiger partial charge in [-0.1, -0.05) is 29.3 Å². The summed E-state index contributed by atoms with van der Waals surface area (Å²) < 4.78 is 0. The van der Waals surface area contributed by atoms with Crippen molar-refractivity contribution in [2.24, 2.45) is 10.8 Å². The van der Waals surface area contributed by atoms with Crippen LogP contribution in [0.15, 0.2) is 23.3 Å². The van der Waals surface area contributed by atoms with E-state index < -0.39 is 5.96 Å². The second-order valence-corrected chi connectivity index (χ2v) is 3.83. The predicted octanol–water partition coefficient (Wildman–Crippen LogP) is 0.689. The molecule has 0 heterocycles. The van der Waals surface area contributed by atoms with Gasteiger partial charge in [-0.15, -0.1) is 0 Å². The van der Waals surface area contributed by atoms with Crippen LogP contribution in [0.4, 0.5) is 0 Å². The second kappa shape index (κ2) is 9.81. The lowest BCUT2D eigenvalue weighted by atomic mass is 10.2. The third-order valence-electron chi connectivity index (χ3n) is 1.60. The molecule has 1 aromatic rings. The van der Waals surface area contributed by atoms with E-state index in [0.717, 1.165) is 0 Å². The topological polar surface area (TPSA) is 163 Å². The zero-order chi connectivity index (χ0) is 15.5. The van der Waals surface area contributed by atoms with Crippen LogP contribution in [-0.2, 0) is 0 Å². The Morgan fingerprint density at radius 2 is 1.70 bits per heavy atom. The molecule has 0 aliphatic heterocycles. The number of nitrogens with two attached hydrogens (primary N) is 1. The Hall–Kier alpha value is -2.07. The fourth-order valence-corrected chi connectivity index (χ4v) is 1.32. The number of hydrazone groups is 1. The molecule has 0 atom stereocenters. The molecule has 0 saturated heterocycles. The molecule has 0 fully saturated rings. The predicted molar refractivity (Wildman–Crippen MR) is 76.7 cm³/mol. The molecule has 9 nitrogen and oxygen atoms in total. The van der Waals surface area contributed by atoms with Gasteiger partial charge in [-0.25, -0.2) is 16.4 Å². The number of hydroxylamine groups is 2. The molecule has 0 radical (unpaired) electrons. The first-order valence-corrected chi connectivity index (χ1v) is 5.63. The smallest absolute Gasteiger partial charge is 0.233 e. The van der Waals surface area contributed by atoms with Gasteiger partial charge in [-0.05, 0) is 12.1 Å². The van der Waals surface area contributed by atoms with Gasteiger partial charge >= 0.3 is 0 Å². The summed E-state index contributed by atoms with van der Waals surface area (Å²) in [6.07, 6.45) is 1.36. The summed E-state index contributed by atoms with van der Waals surface area (Å²) in [6, 6.07) is 5.06. The van der Waals surface area contributed by atoms with Crippen molar-refractivity contribution >= 4 is 41.3 Å². The van der Waals surface area contributed by atoms with E-state index in [9.17, 15) is 0 Å². The summed E-state index contributed by atoms with van der Waals surface area (Å²) >= 11 is 11.7. The molecule has 0 unspecified atom stereocenters. The Kier molecular flexibility index (Phi) is 8.79. The molecular weight excluding hydrogens is 309 g/mol. The average molecular weight is 322 g/mol. The maximum atomic E-state index is 8.28. The van der Waals surface area contributed by atoms with Crippen LogP contribution >= 0.6 is 23.2 Å². The van der Waals surface area contributed by atoms with Gasteiger partial charge in [0.2, 0.25) is 11.9 Å². The first kappa shape index (κ1) is 17.9. The molecule has 0 aliphatic carbocycles. The number of nitrogens with one attached hydrogen (secondary N) is 5. The van der Waals surface area contributed by atoms with E-state index in [1.165, 1.54) is 11.7 Å². The molecule has 0 aromatic heterocycles. The summed E-state index contributed by atoms with van der Waals surface area (Å²) in [5.74, 6) is -0.792. The zero-order valence-corrected chi connectivity index (χ0v) is 11.5. The lowest BCUT2D eigenvalue weighted by Gasteiger charge is -2.01. The minimum Gasteiger partial charge on any atom is -0.368 e. The summed E-state index contributed by atoms with van der Waals surface area (Å²) in [7, 11) is 0. The lowest BCUT2D eigenvalue weighted by Crippen LogP contribution is -2.30. The van der Waals surface area contributed by atoms with Crippen LogP contribution in [-0.4, -0.2) is 28.5 Å². The van der Waals surface area contributed by atoms with E-state index in [1.54, 1.807) is 23.7 Å². The number of rotatable bonds is 2. The fraction of sp³-hybridized carbons (Fsp3) is 0. The molecule has 11 heteroatoms. The molecule has 1 aromatic carbocycles. The van der Waals surface area contributed by atoms with Crippen molar-refractivity contribution in [1.82, 2.24) is 16.4 Å². The minimum absolute atomic E-state index is 0.352. The largest absolute Gasteiger partial charge is 0.368 e. The van der Waals surface area contributed by atoms with Crippen molar-refractivity contribution in [3.63, 3.8) is 0 Å². The molecule has 0 aliphatic rings. The molecule has 1 rings (SSSR count). The number of halogens is 2. The van der Waals surface area contributed by atoms with Crippen LogP contribution < -0.4 is 22.1 Å². The van der Waals surface area contributed by atoms with E-state index in [1.807, 2.05) is 0 Å². The van der Waals surface area contributed by atoms with Crippen LogP contribution in [0, 0.1) is 10.8 Å². The Bertz CT molecular complexity index is 475.